The van der Waals surface area contributed by atoms with Crippen LogP contribution in [0, 0.1) is 0 Å². The van der Waals surface area contributed by atoms with E-state index in [9.17, 15) is 13.2 Å². The van der Waals surface area contributed by atoms with Gasteiger partial charge in [0.15, 0.2) is 12.0 Å². The van der Waals surface area contributed by atoms with E-state index < -0.39 is 10.0 Å². The van der Waals surface area contributed by atoms with Crippen molar-refractivity contribution < 1.29 is 17.6 Å². The van der Waals surface area contributed by atoms with E-state index in [-0.39, 0.29) is 10.9 Å². The van der Waals surface area contributed by atoms with Crippen molar-refractivity contribution >= 4 is 16.3 Å². The van der Waals surface area contributed by atoms with Crippen LogP contribution in [0.1, 0.15) is 30.8 Å². The second-order valence-electron chi connectivity index (χ2n) is 4.11. The normalized spacial score (nSPS) is 11.9. The van der Waals surface area contributed by atoms with Gasteiger partial charge < -0.3 is 9.32 Å². The van der Waals surface area contributed by atoms with Gasteiger partial charge in [0.05, 0.1) is 0 Å². The molecule has 0 aliphatic rings. The summed E-state index contributed by atoms with van der Waals surface area (Å²) < 4.78 is 31.1. The highest BCUT2D eigenvalue weighted by molar-refractivity contribution is 7.89. The Balaban J connectivity index is 2.53. The maximum atomic E-state index is 11.8. The first-order valence-electron chi connectivity index (χ1n) is 6.30. The highest BCUT2D eigenvalue weighted by Crippen LogP contribution is 2.11. The Morgan fingerprint density at radius 2 is 2.05 bits per heavy atom. The van der Waals surface area contributed by atoms with E-state index in [0.717, 1.165) is 19.5 Å². The van der Waals surface area contributed by atoms with E-state index in [1.54, 1.807) is 0 Å². The molecule has 1 N–H and O–H groups in total. The molecule has 0 aromatic carbocycles. The zero-order valence-corrected chi connectivity index (χ0v) is 12.1. The van der Waals surface area contributed by atoms with E-state index in [2.05, 4.69) is 16.5 Å². The van der Waals surface area contributed by atoms with Crippen molar-refractivity contribution in [1.29, 1.82) is 0 Å². The van der Waals surface area contributed by atoms with Gasteiger partial charge >= 0.3 is 0 Å². The standard InChI is InChI=1S/C12H20N2O4S/c1-3-8-14(4-2)9-7-13-19(16,17)12-6-5-11(10-15)18-12/h5-6,10,13H,3-4,7-9H2,1-2H3. The highest BCUT2D eigenvalue weighted by atomic mass is 32.2. The minimum atomic E-state index is -3.67. The van der Waals surface area contributed by atoms with E-state index in [1.807, 2.05) is 6.92 Å². The Hall–Kier alpha value is -1.18. The lowest BCUT2D eigenvalue weighted by Gasteiger charge is -2.19. The lowest BCUT2D eigenvalue weighted by atomic mass is 10.4. The van der Waals surface area contributed by atoms with Crippen molar-refractivity contribution in [2.75, 3.05) is 26.2 Å². The SMILES string of the molecule is CCCN(CC)CCNS(=O)(=O)c1ccc(C=O)o1. The lowest BCUT2D eigenvalue weighted by Crippen LogP contribution is -2.35. The number of hydrogen-bond acceptors (Lipinski definition) is 5. The van der Waals surface area contributed by atoms with E-state index in [1.165, 1.54) is 12.1 Å². The fourth-order valence-corrected chi connectivity index (χ4v) is 2.65. The van der Waals surface area contributed by atoms with Crippen LogP contribution in [-0.4, -0.2) is 45.8 Å². The summed E-state index contributed by atoms with van der Waals surface area (Å²) >= 11 is 0. The topological polar surface area (TPSA) is 79.6 Å². The van der Waals surface area contributed by atoms with Gasteiger partial charge in [-0.05, 0) is 31.6 Å². The summed E-state index contributed by atoms with van der Waals surface area (Å²) in [6.07, 6.45) is 1.50. The molecule has 108 valence electrons. The number of carbonyl (C=O) groups excluding carboxylic acids is 1. The van der Waals surface area contributed by atoms with Crippen molar-refractivity contribution in [2.45, 2.75) is 25.4 Å². The minimum Gasteiger partial charge on any atom is -0.440 e. The number of nitrogens with zero attached hydrogens (tertiary/aromatic N) is 1. The van der Waals surface area contributed by atoms with Gasteiger partial charge in [-0.15, -0.1) is 0 Å². The molecule has 7 heteroatoms. The molecule has 0 bridgehead atoms. The van der Waals surface area contributed by atoms with E-state index in [0.29, 0.717) is 19.4 Å². The molecule has 0 amide bonds. The van der Waals surface area contributed by atoms with Crippen LogP contribution < -0.4 is 4.72 Å². The number of likely N-dealkylation sites (N-methyl/N-ethyl adjacent to an activating group) is 1. The first-order valence-corrected chi connectivity index (χ1v) is 7.78. The Bertz CT molecular complexity index is 496. The summed E-state index contributed by atoms with van der Waals surface area (Å²) in [6.45, 7) is 6.89. The van der Waals surface area contributed by atoms with Crippen LogP contribution in [0.15, 0.2) is 21.6 Å². The summed E-state index contributed by atoms with van der Waals surface area (Å²) in [5, 5.41) is -0.229. The molecule has 0 spiro atoms. The number of carbonyl (C=O) groups is 1. The Morgan fingerprint density at radius 3 is 2.58 bits per heavy atom. The van der Waals surface area contributed by atoms with Crippen molar-refractivity contribution in [2.24, 2.45) is 0 Å². The summed E-state index contributed by atoms with van der Waals surface area (Å²) in [7, 11) is -3.67. The molecule has 1 heterocycles. The van der Waals surface area contributed by atoms with Gasteiger partial charge in [-0.3, -0.25) is 4.79 Å². The van der Waals surface area contributed by atoms with Gasteiger partial charge in [-0.2, -0.15) is 0 Å². The van der Waals surface area contributed by atoms with Crippen LogP contribution in [0.5, 0.6) is 0 Å². The van der Waals surface area contributed by atoms with Crippen molar-refractivity contribution in [3.8, 4) is 0 Å². The van der Waals surface area contributed by atoms with Crippen LogP contribution in [-0.2, 0) is 10.0 Å². The van der Waals surface area contributed by atoms with Crippen molar-refractivity contribution in [3.63, 3.8) is 0 Å². The second kappa shape index (κ2) is 7.42. The molecule has 6 nitrogen and oxygen atoms in total. The largest absolute Gasteiger partial charge is 0.440 e. The Labute approximate surface area is 113 Å². The Morgan fingerprint density at radius 1 is 1.32 bits per heavy atom. The smallest absolute Gasteiger partial charge is 0.274 e. The maximum Gasteiger partial charge on any atom is 0.274 e. The van der Waals surface area contributed by atoms with Gasteiger partial charge in [0.1, 0.15) is 0 Å². The molecule has 0 saturated heterocycles. The second-order valence-corrected chi connectivity index (χ2v) is 5.80. The average Bonchev–Trinajstić information content (AvgIpc) is 2.87. The molecular weight excluding hydrogens is 268 g/mol. The van der Waals surface area contributed by atoms with Crippen LogP contribution in [0.4, 0.5) is 0 Å². The molecule has 0 radical (unpaired) electrons. The number of nitrogens with one attached hydrogen (secondary N) is 1. The van der Waals surface area contributed by atoms with Crippen LogP contribution in [0.25, 0.3) is 0 Å². The monoisotopic (exact) mass is 288 g/mol. The highest BCUT2D eigenvalue weighted by Gasteiger charge is 2.18. The third-order valence-electron chi connectivity index (χ3n) is 2.69. The number of rotatable bonds is 9. The average molecular weight is 288 g/mol. The van der Waals surface area contributed by atoms with Gasteiger partial charge in [0.25, 0.3) is 10.0 Å². The summed E-state index contributed by atoms with van der Waals surface area (Å²) in [5.41, 5.74) is 0. The zero-order valence-electron chi connectivity index (χ0n) is 11.3. The first kappa shape index (κ1) is 15.9. The molecular formula is C12H20N2O4S. The maximum absolute atomic E-state index is 11.8. The zero-order chi connectivity index (χ0) is 14.3. The summed E-state index contributed by atoms with van der Waals surface area (Å²) in [6, 6.07) is 2.60. The predicted octanol–water partition coefficient (Wildman–Crippen LogP) is 1.10. The fourth-order valence-electron chi connectivity index (χ4n) is 1.70. The number of sulfonamides is 1. The molecule has 0 saturated carbocycles. The summed E-state index contributed by atoms with van der Waals surface area (Å²) in [4.78, 5) is 12.6. The van der Waals surface area contributed by atoms with E-state index >= 15 is 0 Å². The van der Waals surface area contributed by atoms with Gasteiger partial charge in [0, 0.05) is 13.1 Å². The molecule has 1 aromatic heterocycles. The van der Waals surface area contributed by atoms with Gasteiger partial charge in [-0.1, -0.05) is 13.8 Å². The molecule has 1 aromatic rings. The molecule has 19 heavy (non-hydrogen) atoms. The third kappa shape index (κ3) is 4.77. The lowest BCUT2D eigenvalue weighted by molar-refractivity contribution is 0.109. The molecule has 0 fully saturated rings. The van der Waals surface area contributed by atoms with Gasteiger partial charge in [0.2, 0.25) is 5.09 Å². The summed E-state index contributed by atoms with van der Waals surface area (Å²) in [5.74, 6) is 0.00143. The number of furan rings is 1. The molecule has 0 aliphatic heterocycles. The van der Waals surface area contributed by atoms with E-state index in [4.69, 9.17) is 4.42 Å². The van der Waals surface area contributed by atoms with Crippen molar-refractivity contribution in [1.82, 2.24) is 9.62 Å². The first-order chi connectivity index (χ1) is 9.03. The number of aldehydes is 1. The van der Waals surface area contributed by atoms with Gasteiger partial charge in [-0.25, -0.2) is 13.1 Å². The molecule has 0 unspecified atom stereocenters. The van der Waals surface area contributed by atoms with Crippen LogP contribution in [0.2, 0.25) is 0 Å². The van der Waals surface area contributed by atoms with Crippen molar-refractivity contribution in [3.05, 3.63) is 17.9 Å². The molecule has 1 rings (SSSR count). The van der Waals surface area contributed by atoms with Crippen LogP contribution >= 0.6 is 0 Å². The Kier molecular flexibility index (Phi) is 6.20. The molecule has 0 atom stereocenters. The quantitative estimate of drug-likeness (QED) is 0.688. The predicted molar refractivity (Wildman–Crippen MR) is 71.7 cm³/mol. The van der Waals surface area contributed by atoms with Crippen LogP contribution in [0.3, 0.4) is 0 Å². The third-order valence-corrected chi connectivity index (χ3v) is 4.02. The minimum absolute atomic E-state index is 0.00143. The number of hydrogen-bond donors (Lipinski definition) is 1. The molecule has 0 aliphatic carbocycles. The fraction of sp³-hybridized carbons (Fsp3) is 0.583.